The number of terminal acetylenes is 1. The second-order valence-corrected chi connectivity index (χ2v) is 2.82. The van der Waals surface area contributed by atoms with Crippen molar-refractivity contribution < 1.29 is 4.79 Å². The van der Waals surface area contributed by atoms with Gasteiger partial charge in [0.1, 0.15) is 0 Å². The summed E-state index contributed by atoms with van der Waals surface area (Å²) in [6.45, 7) is 3.53. The summed E-state index contributed by atoms with van der Waals surface area (Å²) in [5.41, 5.74) is 1.10. The molecule has 0 heterocycles. The van der Waals surface area contributed by atoms with Gasteiger partial charge in [0, 0.05) is 24.7 Å². The van der Waals surface area contributed by atoms with E-state index >= 15 is 0 Å². The van der Waals surface area contributed by atoms with Crippen molar-refractivity contribution in [3.63, 3.8) is 0 Å². The molecule has 1 aliphatic carbocycles. The van der Waals surface area contributed by atoms with Crippen molar-refractivity contribution >= 4 is 5.78 Å². The number of hydrogen-bond donors (Lipinski definition) is 0. The molecule has 0 amide bonds. The highest BCUT2D eigenvalue weighted by Crippen LogP contribution is 2.18. The molecule has 1 aliphatic rings. The average Bonchev–Trinajstić information content (AvgIpc) is 2.47. The summed E-state index contributed by atoms with van der Waals surface area (Å²) >= 11 is 0. The molecule has 0 aromatic heterocycles. The van der Waals surface area contributed by atoms with Crippen LogP contribution in [0.15, 0.2) is 11.8 Å². The van der Waals surface area contributed by atoms with Gasteiger partial charge < -0.3 is 4.90 Å². The number of carbonyl (C=O) groups excluding carboxylic acids is 1. The Balaban J connectivity index is 2.61. The lowest BCUT2D eigenvalue weighted by atomic mass is 10.3. The maximum atomic E-state index is 10.9. The topological polar surface area (TPSA) is 20.3 Å². The number of ketones is 1. The van der Waals surface area contributed by atoms with Gasteiger partial charge in [0.15, 0.2) is 5.78 Å². The van der Waals surface area contributed by atoms with E-state index in [1.165, 1.54) is 0 Å². The highest BCUT2D eigenvalue weighted by atomic mass is 16.1. The minimum atomic E-state index is 0.223. The first kappa shape index (κ1) is 8.86. The fraction of sp³-hybridized carbons (Fsp3) is 0.500. The Labute approximate surface area is 73.2 Å². The summed E-state index contributed by atoms with van der Waals surface area (Å²) in [7, 11) is 0. The molecular weight excluding hydrogens is 150 g/mol. The van der Waals surface area contributed by atoms with Crippen molar-refractivity contribution in [3.05, 3.63) is 11.8 Å². The second kappa shape index (κ2) is 3.96. The highest BCUT2D eigenvalue weighted by Gasteiger charge is 2.15. The molecule has 0 aliphatic heterocycles. The molecule has 0 bridgehead atoms. The molecule has 0 unspecified atom stereocenters. The lowest BCUT2D eigenvalue weighted by Crippen LogP contribution is -2.21. The van der Waals surface area contributed by atoms with E-state index in [1.807, 2.05) is 6.92 Å². The van der Waals surface area contributed by atoms with Crippen LogP contribution in [0.2, 0.25) is 0 Å². The predicted molar refractivity (Wildman–Crippen MR) is 48.4 cm³/mol. The number of hydrogen-bond acceptors (Lipinski definition) is 2. The van der Waals surface area contributed by atoms with Gasteiger partial charge in [0.25, 0.3) is 0 Å². The van der Waals surface area contributed by atoms with Crippen LogP contribution in [0.5, 0.6) is 0 Å². The van der Waals surface area contributed by atoms with Crippen LogP contribution in [0.4, 0.5) is 0 Å². The molecule has 0 atom stereocenters. The van der Waals surface area contributed by atoms with Crippen LogP contribution in [0.25, 0.3) is 0 Å². The maximum Gasteiger partial charge on any atom is 0.157 e. The van der Waals surface area contributed by atoms with Crippen LogP contribution < -0.4 is 0 Å². The molecule has 0 N–H and O–H groups in total. The van der Waals surface area contributed by atoms with Crippen LogP contribution >= 0.6 is 0 Å². The molecule has 1 rings (SSSR count). The van der Waals surface area contributed by atoms with Crippen LogP contribution in [-0.2, 0) is 4.79 Å². The Morgan fingerprint density at radius 3 is 2.83 bits per heavy atom. The molecule has 0 saturated heterocycles. The number of allylic oxidation sites excluding steroid dienone is 2. The molecule has 0 aromatic rings. The minimum absolute atomic E-state index is 0.223. The second-order valence-electron chi connectivity index (χ2n) is 2.82. The van der Waals surface area contributed by atoms with E-state index in [9.17, 15) is 4.79 Å². The van der Waals surface area contributed by atoms with E-state index < -0.39 is 0 Å². The van der Waals surface area contributed by atoms with E-state index in [2.05, 4.69) is 10.8 Å². The van der Waals surface area contributed by atoms with Gasteiger partial charge in [-0.3, -0.25) is 4.79 Å². The fourth-order valence-electron chi connectivity index (χ4n) is 1.36. The third-order valence-electron chi connectivity index (χ3n) is 2.03. The summed E-state index contributed by atoms with van der Waals surface area (Å²) in [6, 6.07) is 0. The lowest BCUT2D eigenvalue weighted by molar-refractivity contribution is -0.114. The summed E-state index contributed by atoms with van der Waals surface area (Å²) in [5.74, 6) is 2.81. The Hall–Kier alpha value is -1.23. The van der Waals surface area contributed by atoms with Gasteiger partial charge in [-0.25, -0.2) is 0 Å². The molecule has 0 aromatic carbocycles. The van der Waals surface area contributed by atoms with Gasteiger partial charge in [-0.15, -0.1) is 6.42 Å². The zero-order valence-electron chi connectivity index (χ0n) is 7.34. The van der Waals surface area contributed by atoms with Gasteiger partial charge in [0.05, 0.1) is 6.54 Å². The summed E-state index contributed by atoms with van der Waals surface area (Å²) in [5, 5.41) is 0. The summed E-state index contributed by atoms with van der Waals surface area (Å²) < 4.78 is 0. The summed E-state index contributed by atoms with van der Waals surface area (Å²) in [4.78, 5) is 13.0. The highest BCUT2D eigenvalue weighted by molar-refractivity contribution is 5.92. The smallest absolute Gasteiger partial charge is 0.157 e. The first-order valence-electron chi connectivity index (χ1n) is 4.19. The van der Waals surface area contributed by atoms with Gasteiger partial charge >= 0.3 is 0 Å². The molecule has 0 radical (unpaired) electrons. The predicted octanol–water partition coefficient (Wildman–Crippen LogP) is 1.19. The van der Waals surface area contributed by atoms with Gasteiger partial charge in [-0.05, 0) is 13.3 Å². The Kier molecular flexibility index (Phi) is 2.93. The van der Waals surface area contributed by atoms with Crippen molar-refractivity contribution in [1.29, 1.82) is 0 Å². The van der Waals surface area contributed by atoms with Crippen molar-refractivity contribution in [2.75, 3.05) is 13.1 Å². The number of rotatable bonds is 3. The SMILES string of the molecule is C#CCN(CC)C1=CC(=O)CC1. The lowest BCUT2D eigenvalue weighted by Gasteiger charge is -2.20. The normalized spacial score (nSPS) is 15.7. The van der Waals surface area contributed by atoms with Crippen molar-refractivity contribution in [3.8, 4) is 12.3 Å². The van der Waals surface area contributed by atoms with E-state index in [0.717, 1.165) is 18.7 Å². The molecule has 64 valence electrons. The Morgan fingerprint density at radius 2 is 2.42 bits per heavy atom. The first-order valence-corrected chi connectivity index (χ1v) is 4.19. The molecule has 0 saturated carbocycles. The first-order chi connectivity index (χ1) is 5.77. The van der Waals surface area contributed by atoms with Crippen molar-refractivity contribution in [1.82, 2.24) is 4.90 Å². The number of nitrogens with zero attached hydrogens (tertiary/aromatic N) is 1. The van der Waals surface area contributed by atoms with Crippen LogP contribution in [0.1, 0.15) is 19.8 Å². The molecule has 0 spiro atoms. The van der Waals surface area contributed by atoms with Gasteiger partial charge in [0.2, 0.25) is 0 Å². The quantitative estimate of drug-likeness (QED) is 0.582. The van der Waals surface area contributed by atoms with Crippen LogP contribution in [-0.4, -0.2) is 23.8 Å². The van der Waals surface area contributed by atoms with E-state index in [0.29, 0.717) is 13.0 Å². The maximum absolute atomic E-state index is 10.9. The standard InChI is InChI=1S/C10H13NO/c1-3-7-11(4-2)9-5-6-10(12)8-9/h1,8H,4-7H2,2H3. The Morgan fingerprint density at radius 1 is 1.67 bits per heavy atom. The third kappa shape index (κ3) is 1.88. The molecule has 0 fully saturated rings. The van der Waals surface area contributed by atoms with Crippen molar-refractivity contribution in [2.45, 2.75) is 19.8 Å². The zero-order valence-corrected chi connectivity index (χ0v) is 7.34. The van der Waals surface area contributed by atoms with E-state index in [-0.39, 0.29) is 5.78 Å². The monoisotopic (exact) mass is 163 g/mol. The van der Waals surface area contributed by atoms with Crippen LogP contribution in [0.3, 0.4) is 0 Å². The molecule has 12 heavy (non-hydrogen) atoms. The summed E-state index contributed by atoms with van der Waals surface area (Å²) in [6.07, 6.45) is 8.42. The van der Waals surface area contributed by atoms with Crippen molar-refractivity contribution in [2.24, 2.45) is 0 Å². The van der Waals surface area contributed by atoms with E-state index in [1.54, 1.807) is 6.08 Å². The van der Waals surface area contributed by atoms with Crippen LogP contribution in [0, 0.1) is 12.3 Å². The largest absolute Gasteiger partial charge is 0.364 e. The van der Waals surface area contributed by atoms with Gasteiger partial charge in [-0.1, -0.05) is 5.92 Å². The number of carbonyl (C=O) groups is 1. The molecule has 2 nitrogen and oxygen atoms in total. The minimum Gasteiger partial charge on any atom is -0.364 e. The van der Waals surface area contributed by atoms with Gasteiger partial charge in [-0.2, -0.15) is 0 Å². The molecular formula is C10H13NO. The van der Waals surface area contributed by atoms with E-state index in [4.69, 9.17) is 6.42 Å². The molecule has 2 heteroatoms. The third-order valence-corrected chi connectivity index (χ3v) is 2.03. The average molecular weight is 163 g/mol. The Bertz CT molecular complexity index is 247. The fourth-order valence-corrected chi connectivity index (χ4v) is 1.36. The zero-order chi connectivity index (χ0) is 8.97.